The van der Waals surface area contributed by atoms with Crippen molar-refractivity contribution in [2.45, 2.75) is 55.2 Å². The minimum Gasteiger partial charge on any atom is -0.301 e. The number of fused-ring (bicyclic) bond motifs is 1. The van der Waals surface area contributed by atoms with Gasteiger partial charge in [0.15, 0.2) is 5.13 Å². The molecule has 0 spiro atoms. The third kappa shape index (κ3) is 3.45. The molecule has 1 amide bonds. The van der Waals surface area contributed by atoms with E-state index in [2.05, 4.69) is 10.3 Å². The fourth-order valence-corrected chi connectivity index (χ4v) is 7.40. The van der Waals surface area contributed by atoms with Gasteiger partial charge in [-0.2, -0.15) is 4.31 Å². The fraction of sp³-hybridized carbons (Fsp3) is 0.529. The van der Waals surface area contributed by atoms with Crippen molar-refractivity contribution in [3.05, 3.63) is 28.1 Å². The number of sulfonamides is 1. The van der Waals surface area contributed by atoms with Gasteiger partial charge < -0.3 is 5.32 Å². The highest BCUT2D eigenvalue weighted by atomic mass is 32.2. The van der Waals surface area contributed by atoms with Crippen LogP contribution in [0.5, 0.6) is 0 Å². The van der Waals surface area contributed by atoms with Gasteiger partial charge in [0.2, 0.25) is 5.91 Å². The van der Waals surface area contributed by atoms with Crippen molar-refractivity contribution in [2.75, 3.05) is 11.9 Å². The molecule has 140 valence electrons. The number of thiophene rings is 1. The molecule has 1 fully saturated rings. The van der Waals surface area contributed by atoms with Crippen molar-refractivity contribution in [1.82, 2.24) is 9.29 Å². The number of aryl methyl sites for hydroxylation is 2. The molecule has 2 aromatic heterocycles. The zero-order chi connectivity index (χ0) is 18.1. The first kappa shape index (κ1) is 18.1. The van der Waals surface area contributed by atoms with Crippen LogP contribution in [0.25, 0.3) is 0 Å². The summed E-state index contributed by atoms with van der Waals surface area (Å²) in [4.78, 5) is 18.7. The Morgan fingerprint density at radius 1 is 1.23 bits per heavy atom. The summed E-state index contributed by atoms with van der Waals surface area (Å²) in [5, 5.41) is 5.22. The van der Waals surface area contributed by atoms with Crippen LogP contribution in [0, 0.1) is 0 Å². The molecule has 0 aromatic carbocycles. The number of carbonyl (C=O) groups is 1. The summed E-state index contributed by atoms with van der Waals surface area (Å²) in [5.74, 6) is -0.268. The van der Waals surface area contributed by atoms with E-state index in [0.717, 1.165) is 44.2 Å². The van der Waals surface area contributed by atoms with E-state index in [9.17, 15) is 13.2 Å². The Bertz CT molecular complexity index is 866. The highest BCUT2D eigenvalue weighted by molar-refractivity contribution is 7.91. The number of thiazole rings is 1. The van der Waals surface area contributed by atoms with Gasteiger partial charge in [0.05, 0.1) is 5.69 Å². The molecule has 1 aliphatic heterocycles. The zero-order valence-corrected chi connectivity index (χ0v) is 16.8. The largest absolute Gasteiger partial charge is 0.301 e. The van der Waals surface area contributed by atoms with Gasteiger partial charge in [-0.05, 0) is 50.0 Å². The third-order valence-electron chi connectivity index (χ3n) is 4.89. The molecule has 6 nitrogen and oxygen atoms in total. The van der Waals surface area contributed by atoms with Crippen molar-refractivity contribution in [3.8, 4) is 0 Å². The van der Waals surface area contributed by atoms with Gasteiger partial charge in [0, 0.05) is 11.4 Å². The maximum Gasteiger partial charge on any atom is 0.253 e. The van der Waals surface area contributed by atoms with Crippen molar-refractivity contribution < 1.29 is 13.2 Å². The van der Waals surface area contributed by atoms with Crippen molar-refractivity contribution >= 4 is 43.7 Å². The SMILES string of the molecule is O=C(Nc1nc2c(s1)CCCC2)[C@@H]1CCCCN1S(=O)(=O)c1cccs1. The van der Waals surface area contributed by atoms with E-state index in [1.807, 2.05) is 0 Å². The lowest BCUT2D eigenvalue weighted by Gasteiger charge is -2.32. The molecule has 0 unspecified atom stereocenters. The number of amides is 1. The van der Waals surface area contributed by atoms with Crippen LogP contribution in [-0.4, -0.2) is 36.2 Å². The Morgan fingerprint density at radius 3 is 2.85 bits per heavy atom. The van der Waals surface area contributed by atoms with Crippen molar-refractivity contribution in [2.24, 2.45) is 0 Å². The molecule has 26 heavy (non-hydrogen) atoms. The van der Waals surface area contributed by atoms with E-state index in [1.165, 1.54) is 31.9 Å². The summed E-state index contributed by atoms with van der Waals surface area (Å²) < 4.78 is 27.5. The third-order valence-corrected chi connectivity index (χ3v) is 9.24. The molecule has 0 saturated carbocycles. The monoisotopic (exact) mass is 411 g/mol. The molecule has 0 radical (unpaired) electrons. The smallest absolute Gasteiger partial charge is 0.253 e. The van der Waals surface area contributed by atoms with Gasteiger partial charge in [0.1, 0.15) is 10.3 Å². The van der Waals surface area contributed by atoms with Gasteiger partial charge in [-0.1, -0.05) is 12.5 Å². The second-order valence-corrected chi connectivity index (χ2v) is 10.8. The van der Waals surface area contributed by atoms with E-state index in [1.54, 1.807) is 17.5 Å². The fourth-order valence-electron chi connectivity index (χ4n) is 3.57. The summed E-state index contributed by atoms with van der Waals surface area (Å²) in [6.07, 6.45) is 6.46. The van der Waals surface area contributed by atoms with Gasteiger partial charge in [-0.25, -0.2) is 13.4 Å². The topological polar surface area (TPSA) is 79.4 Å². The number of aromatic nitrogens is 1. The number of hydrogen-bond donors (Lipinski definition) is 1. The van der Waals surface area contributed by atoms with E-state index < -0.39 is 16.1 Å². The Kier molecular flexibility index (Phi) is 5.13. The molecule has 2 aliphatic rings. The number of carbonyl (C=O) groups excluding carboxylic acids is 1. The first-order valence-electron chi connectivity index (χ1n) is 8.90. The van der Waals surface area contributed by atoms with Gasteiger partial charge >= 0.3 is 0 Å². The van der Waals surface area contributed by atoms with Crippen LogP contribution < -0.4 is 5.32 Å². The molecule has 1 saturated heterocycles. The van der Waals surface area contributed by atoms with Crippen LogP contribution in [0.2, 0.25) is 0 Å². The van der Waals surface area contributed by atoms with Gasteiger partial charge in [-0.15, -0.1) is 22.7 Å². The Morgan fingerprint density at radius 2 is 2.08 bits per heavy atom. The molecule has 4 rings (SSSR count). The van der Waals surface area contributed by atoms with Crippen molar-refractivity contribution in [1.29, 1.82) is 0 Å². The Balaban J connectivity index is 1.54. The molecule has 1 aliphatic carbocycles. The lowest BCUT2D eigenvalue weighted by molar-refractivity contribution is -0.120. The number of nitrogens with one attached hydrogen (secondary N) is 1. The molecule has 2 aromatic rings. The summed E-state index contributed by atoms with van der Waals surface area (Å²) >= 11 is 2.71. The zero-order valence-electron chi connectivity index (χ0n) is 14.3. The van der Waals surface area contributed by atoms with Gasteiger partial charge in [0.25, 0.3) is 10.0 Å². The van der Waals surface area contributed by atoms with Crippen LogP contribution in [-0.2, 0) is 27.7 Å². The number of rotatable bonds is 4. The average Bonchev–Trinajstić information content (AvgIpc) is 3.31. The van der Waals surface area contributed by atoms with Crippen LogP contribution in [0.15, 0.2) is 21.7 Å². The molecule has 9 heteroatoms. The molecular weight excluding hydrogens is 390 g/mol. The first-order valence-corrected chi connectivity index (χ1v) is 12.0. The van der Waals surface area contributed by atoms with E-state index in [-0.39, 0.29) is 5.91 Å². The lowest BCUT2D eigenvalue weighted by Crippen LogP contribution is -2.49. The van der Waals surface area contributed by atoms with E-state index in [0.29, 0.717) is 22.3 Å². The Labute approximate surface area is 161 Å². The highest BCUT2D eigenvalue weighted by Gasteiger charge is 2.38. The molecule has 1 N–H and O–H groups in total. The van der Waals surface area contributed by atoms with E-state index >= 15 is 0 Å². The van der Waals surface area contributed by atoms with Gasteiger partial charge in [-0.3, -0.25) is 4.79 Å². The van der Waals surface area contributed by atoms with E-state index in [4.69, 9.17) is 0 Å². The molecule has 1 atom stereocenters. The lowest BCUT2D eigenvalue weighted by atomic mass is 10.0. The van der Waals surface area contributed by atoms with Crippen LogP contribution in [0.4, 0.5) is 5.13 Å². The molecule has 0 bridgehead atoms. The minimum absolute atomic E-state index is 0.268. The first-order chi connectivity index (χ1) is 12.6. The normalized spacial score (nSPS) is 21.3. The minimum atomic E-state index is -3.63. The maximum atomic E-state index is 12.9. The van der Waals surface area contributed by atoms with Crippen molar-refractivity contribution in [3.63, 3.8) is 0 Å². The molecular formula is C17H21N3O3S3. The maximum absolute atomic E-state index is 12.9. The number of anilines is 1. The standard InChI is InChI=1S/C17H21N3O3S3/c21-16(19-17-18-12-6-1-2-8-14(12)25-17)13-7-3-4-10-20(13)26(22,23)15-9-5-11-24-15/h5,9,11,13H,1-4,6-8,10H2,(H,18,19,21)/t13-/m0/s1. The summed E-state index contributed by atoms with van der Waals surface area (Å²) in [5.41, 5.74) is 1.09. The predicted molar refractivity (Wildman–Crippen MR) is 103 cm³/mol. The second-order valence-electron chi connectivity index (χ2n) is 6.64. The van der Waals surface area contributed by atoms with Crippen LogP contribution >= 0.6 is 22.7 Å². The predicted octanol–water partition coefficient (Wildman–Crippen LogP) is 3.27. The summed E-state index contributed by atoms with van der Waals surface area (Å²) in [6.45, 7) is 0.382. The highest BCUT2D eigenvalue weighted by Crippen LogP contribution is 2.31. The van der Waals surface area contributed by atoms with Crippen LogP contribution in [0.1, 0.15) is 42.7 Å². The number of nitrogens with zero attached hydrogens (tertiary/aromatic N) is 2. The van der Waals surface area contributed by atoms with Crippen LogP contribution in [0.3, 0.4) is 0 Å². The molecule has 3 heterocycles. The second kappa shape index (κ2) is 7.38. The summed E-state index contributed by atoms with van der Waals surface area (Å²) in [6, 6.07) is 2.64. The number of piperidine rings is 1. The quantitative estimate of drug-likeness (QED) is 0.837. The summed E-state index contributed by atoms with van der Waals surface area (Å²) in [7, 11) is -3.63. The average molecular weight is 412 g/mol. The Hall–Kier alpha value is -1.29. The number of hydrogen-bond acceptors (Lipinski definition) is 6.